The molecule has 0 aliphatic heterocycles. The lowest BCUT2D eigenvalue weighted by Gasteiger charge is -2.08. The standard InChI is InChI=1S/C17H17N3O/c1-13-8-10-19-11-15(13)12-20-17(21)16-7-3-2-5-14(16)6-4-9-18/h2-3,5,7-8,10-11H,9,12,18H2,1H3,(H,20,21). The highest BCUT2D eigenvalue weighted by Crippen LogP contribution is 2.09. The van der Waals surface area contributed by atoms with Crippen LogP contribution in [0.3, 0.4) is 0 Å². The average Bonchev–Trinajstić information content (AvgIpc) is 2.52. The molecule has 0 fully saturated rings. The summed E-state index contributed by atoms with van der Waals surface area (Å²) in [5.41, 5.74) is 8.71. The van der Waals surface area contributed by atoms with Gasteiger partial charge >= 0.3 is 0 Å². The molecule has 3 N–H and O–H groups in total. The number of nitrogens with one attached hydrogen (secondary N) is 1. The van der Waals surface area contributed by atoms with Crippen LogP contribution in [0, 0.1) is 18.8 Å². The van der Waals surface area contributed by atoms with Crippen LogP contribution in [0.25, 0.3) is 0 Å². The molecule has 0 radical (unpaired) electrons. The van der Waals surface area contributed by atoms with E-state index in [0.29, 0.717) is 17.7 Å². The first-order chi connectivity index (χ1) is 10.2. The lowest BCUT2D eigenvalue weighted by Crippen LogP contribution is -2.24. The number of rotatable bonds is 3. The zero-order valence-electron chi connectivity index (χ0n) is 11.9. The first-order valence-electron chi connectivity index (χ1n) is 6.68. The molecule has 4 nitrogen and oxygen atoms in total. The minimum absolute atomic E-state index is 0.153. The molecule has 0 spiro atoms. The van der Waals surface area contributed by atoms with Crippen molar-refractivity contribution in [1.82, 2.24) is 10.3 Å². The Morgan fingerprint density at radius 2 is 2.14 bits per heavy atom. The molecule has 2 aromatic rings. The zero-order chi connectivity index (χ0) is 15.1. The predicted octanol–water partition coefficient (Wildman–Crippen LogP) is 1.63. The number of nitrogens with zero attached hydrogens (tertiary/aromatic N) is 1. The van der Waals surface area contributed by atoms with E-state index in [-0.39, 0.29) is 12.5 Å². The second-order valence-corrected chi connectivity index (χ2v) is 4.54. The summed E-state index contributed by atoms with van der Waals surface area (Å²) in [6.07, 6.45) is 3.49. The quantitative estimate of drug-likeness (QED) is 0.839. The van der Waals surface area contributed by atoms with Crippen molar-refractivity contribution >= 4 is 5.91 Å². The van der Waals surface area contributed by atoms with Gasteiger partial charge in [-0.2, -0.15) is 0 Å². The van der Waals surface area contributed by atoms with E-state index in [1.165, 1.54) is 0 Å². The molecule has 0 saturated carbocycles. The van der Waals surface area contributed by atoms with Crippen molar-refractivity contribution < 1.29 is 4.79 Å². The summed E-state index contributed by atoms with van der Waals surface area (Å²) in [4.78, 5) is 16.3. The number of carbonyl (C=O) groups excluding carboxylic acids is 1. The number of aryl methyl sites for hydroxylation is 1. The number of amides is 1. The van der Waals surface area contributed by atoms with Gasteiger partial charge in [0.2, 0.25) is 0 Å². The van der Waals surface area contributed by atoms with Crippen molar-refractivity contribution in [1.29, 1.82) is 0 Å². The van der Waals surface area contributed by atoms with E-state index >= 15 is 0 Å². The van der Waals surface area contributed by atoms with Gasteiger partial charge in [-0.05, 0) is 36.2 Å². The highest BCUT2D eigenvalue weighted by atomic mass is 16.1. The molecule has 0 bridgehead atoms. The van der Waals surface area contributed by atoms with Crippen LogP contribution in [0.4, 0.5) is 0 Å². The van der Waals surface area contributed by atoms with Gasteiger partial charge in [0.25, 0.3) is 5.91 Å². The average molecular weight is 279 g/mol. The van der Waals surface area contributed by atoms with E-state index in [4.69, 9.17) is 5.73 Å². The van der Waals surface area contributed by atoms with E-state index in [2.05, 4.69) is 22.1 Å². The summed E-state index contributed by atoms with van der Waals surface area (Å²) in [6, 6.07) is 9.15. The molecule has 21 heavy (non-hydrogen) atoms. The van der Waals surface area contributed by atoms with Crippen molar-refractivity contribution in [2.75, 3.05) is 6.54 Å². The van der Waals surface area contributed by atoms with Gasteiger partial charge in [0.1, 0.15) is 0 Å². The number of benzene rings is 1. The number of nitrogens with two attached hydrogens (primary N) is 1. The third kappa shape index (κ3) is 3.91. The first kappa shape index (κ1) is 14.8. The fourth-order valence-electron chi connectivity index (χ4n) is 1.89. The second-order valence-electron chi connectivity index (χ2n) is 4.54. The van der Waals surface area contributed by atoms with Crippen molar-refractivity contribution in [3.63, 3.8) is 0 Å². The molecular formula is C17H17N3O. The van der Waals surface area contributed by atoms with Crippen LogP contribution in [-0.4, -0.2) is 17.4 Å². The third-order valence-electron chi connectivity index (χ3n) is 3.08. The maximum atomic E-state index is 12.3. The molecule has 1 amide bonds. The fourth-order valence-corrected chi connectivity index (χ4v) is 1.89. The second kappa shape index (κ2) is 7.22. The Balaban J connectivity index is 2.12. The molecule has 1 heterocycles. The van der Waals surface area contributed by atoms with Gasteiger partial charge in [-0.25, -0.2) is 0 Å². The lowest BCUT2D eigenvalue weighted by atomic mass is 10.1. The molecule has 0 unspecified atom stereocenters. The minimum atomic E-state index is -0.153. The number of aromatic nitrogens is 1. The SMILES string of the molecule is Cc1ccncc1CNC(=O)c1ccccc1C#CCN. The van der Waals surface area contributed by atoms with Gasteiger partial charge in [-0.3, -0.25) is 9.78 Å². The molecule has 0 aliphatic rings. The van der Waals surface area contributed by atoms with Crippen LogP contribution in [-0.2, 0) is 6.54 Å². The van der Waals surface area contributed by atoms with E-state index in [1.807, 2.05) is 31.2 Å². The van der Waals surface area contributed by atoms with Crippen LogP contribution in [0.15, 0.2) is 42.7 Å². The summed E-state index contributed by atoms with van der Waals surface area (Å²) < 4.78 is 0. The molecule has 1 aromatic heterocycles. The van der Waals surface area contributed by atoms with Gasteiger partial charge in [-0.1, -0.05) is 24.0 Å². The number of carbonyl (C=O) groups is 1. The predicted molar refractivity (Wildman–Crippen MR) is 82.5 cm³/mol. The summed E-state index contributed by atoms with van der Waals surface area (Å²) >= 11 is 0. The summed E-state index contributed by atoms with van der Waals surface area (Å²) in [7, 11) is 0. The lowest BCUT2D eigenvalue weighted by molar-refractivity contribution is 0.0950. The highest BCUT2D eigenvalue weighted by molar-refractivity contribution is 5.96. The normalized spacial score (nSPS) is 9.62. The third-order valence-corrected chi connectivity index (χ3v) is 3.08. The Kier molecular flexibility index (Phi) is 5.08. The Hall–Kier alpha value is -2.64. The molecule has 106 valence electrons. The Bertz CT molecular complexity index is 698. The molecule has 4 heteroatoms. The van der Waals surface area contributed by atoms with Crippen molar-refractivity contribution in [2.45, 2.75) is 13.5 Å². The van der Waals surface area contributed by atoms with Crippen molar-refractivity contribution in [3.05, 3.63) is 65.0 Å². The van der Waals surface area contributed by atoms with Gasteiger partial charge in [0.15, 0.2) is 0 Å². The maximum Gasteiger partial charge on any atom is 0.252 e. The zero-order valence-corrected chi connectivity index (χ0v) is 11.9. The number of hydrogen-bond acceptors (Lipinski definition) is 3. The summed E-state index contributed by atoms with van der Waals surface area (Å²) in [5.74, 6) is 5.53. The highest BCUT2D eigenvalue weighted by Gasteiger charge is 2.09. The van der Waals surface area contributed by atoms with Crippen LogP contribution in [0.1, 0.15) is 27.0 Å². The number of pyridine rings is 1. The van der Waals surface area contributed by atoms with E-state index in [1.54, 1.807) is 18.5 Å². The van der Waals surface area contributed by atoms with Gasteiger partial charge < -0.3 is 11.1 Å². The largest absolute Gasteiger partial charge is 0.348 e. The topological polar surface area (TPSA) is 68.0 Å². The van der Waals surface area contributed by atoms with Crippen molar-refractivity contribution in [2.24, 2.45) is 5.73 Å². The summed E-state index contributed by atoms with van der Waals surface area (Å²) in [6.45, 7) is 2.70. The summed E-state index contributed by atoms with van der Waals surface area (Å²) in [5, 5.41) is 2.89. The Morgan fingerprint density at radius 3 is 2.90 bits per heavy atom. The molecule has 0 aliphatic carbocycles. The van der Waals surface area contributed by atoms with E-state index < -0.39 is 0 Å². The monoisotopic (exact) mass is 279 g/mol. The minimum Gasteiger partial charge on any atom is -0.348 e. The van der Waals surface area contributed by atoms with Crippen molar-refractivity contribution in [3.8, 4) is 11.8 Å². The van der Waals surface area contributed by atoms with Crippen LogP contribution in [0.5, 0.6) is 0 Å². The molecule has 0 saturated heterocycles. The Morgan fingerprint density at radius 1 is 1.33 bits per heavy atom. The molecule has 2 rings (SSSR count). The first-order valence-corrected chi connectivity index (χ1v) is 6.68. The van der Waals surface area contributed by atoms with Crippen LogP contribution >= 0.6 is 0 Å². The Labute approximate surface area is 124 Å². The van der Waals surface area contributed by atoms with E-state index in [0.717, 1.165) is 11.1 Å². The van der Waals surface area contributed by atoms with Crippen LogP contribution < -0.4 is 11.1 Å². The van der Waals surface area contributed by atoms with Gasteiger partial charge in [0.05, 0.1) is 12.1 Å². The molecule has 0 atom stereocenters. The smallest absolute Gasteiger partial charge is 0.252 e. The fraction of sp³-hybridized carbons (Fsp3) is 0.176. The van der Waals surface area contributed by atoms with E-state index in [9.17, 15) is 4.79 Å². The molecular weight excluding hydrogens is 262 g/mol. The number of hydrogen-bond donors (Lipinski definition) is 2. The van der Waals surface area contributed by atoms with Gasteiger partial charge in [0, 0.05) is 24.5 Å². The van der Waals surface area contributed by atoms with Gasteiger partial charge in [-0.15, -0.1) is 0 Å². The maximum absolute atomic E-state index is 12.3. The molecule has 1 aromatic carbocycles. The van der Waals surface area contributed by atoms with Crippen LogP contribution in [0.2, 0.25) is 0 Å².